The summed E-state index contributed by atoms with van der Waals surface area (Å²) in [7, 11) is -5.70. The van der Waals surface area contributed by atoms with E-state index >= 15 is 0 Å². The van der Waals surface area contributed by atoms with E-state index < -0.39 is 33.8 Å². The van der Waals surface area contributed by atoms with Gasteiger partial charge in [0.25, 0.3) is 5.19 Å². The summed E-state index contributed by atoms with van der Waals surface area (Å²) in [5.74, 6) is -1.54. The minimum atomic E-state index is -5.70. The van der Waals surface area contributed by atoms with Gasteiger partial charge in [0, 0.05) is 24.4 Å². The molecule has 1 heterocycles. The number of hydrogen-bond donors (Lipinski definition) is 0. The molecule has 2 unspecified atom stereocenters. The van der Waals surface area contributed by atoms with Crippen LogP contribution in [-0.2, 0) is 23.8 Å². The van der Waals surface area contributed by atoms with Crippen molar-refractivity contribution in [2.75, 3.05) is 0 Å². The van der Waals surface area contributed by atoms with Crippen LogP contribution in [0.25, 0.3) is 0 Å². The molecule has 1 aromatic heterocycles. The molecule has 2 atom stereocenters. The van der Waals surface area contributed by atoms with E-state index in [1.54, 1.807) is 12.3 Å². The van der Waals surface area contributed by atoms with Gasteiger partial charge < -0.3 is 13.7 Å². The summed E-state index contributed by atoms with van der Waals surface area (Å²) in [6.07, 6.45) is 2.23. The van der Waals surface area contributed by atoms with Crippen LogP contribution in [0.3, 0.4) is 0 Å². The fraction of sp³-hybridized carbons (Fsp3) is 0.571. The van der Waals surface area contributed by atoms with Crippen LogP contribution < -0.4 is 4.74 Å². The number of ether oxygens (including phenoxy) is 2. The first-order valence-corrected chi connectivity index (χ1v) is 9.87. The first-order valence-electron chi connectivity index (χ1n) is 7.58. The van der Waals surface area contributed by atoms with Gasteiger partial charge in [0.05, 0.1) is 5.92 Å². The molecule has 0 aromatic carbocycles. The maximum Gasteiger partial charge on any atom is 0.534 e. The molecule has 0 aliphatic heterocycles. The third kappa shape index (κ3) is 5.34. The number of rotatable bonds is 7. The Hall–Kier alpha value is -1.82. The minimum Gasteiger partial charge on any atom is -0.430 e. The van der Waals surface area contributed by atoms with Gasteiger partial charge in [-0.3, -0.25) is 4.79 Å². The highest BCUT2D eigenvalue weighted by Gasteiger charge is 2.49. The zero-order valence-electron chi connectivity index (χ0n) is 13.6. The summed E-state index contributed by atoms with van der Waals surface area (Å²) < 4.78 is 73.6. The Morgan fingerprint density at radius 2 is 2.19 bits per heavy atom. The molecule has 26 heavy (non-hydrogen) atoms. The van der Waals surface area contributed by atoms with E-state index in [4.69, 9.17) is 9.47 Å². The molecule has 0 spiro atoms. The maximum absolute atomic E-state index is 12.3. The zero-order chi connectivity index (χ0) is 19.4. The molecule has 1 aliphatic carbocycles. The van der Waals surface area contributed by atoms with Crippen LogP contribution in [0.5, 0.6) is 5.19 Å². The fourth-order valence-corrected chi connectivity index (χ4v) is 3.14. The number of esters is 1. The van der Waals surface area contributed by atoms with Crippen molar-refractivity contribution in [3.8, 4) is 5.19 Å². The van der Waals surface area contributed by atoms with Gasteiger partial charge in [-0.1, -0.05) is 18.3 Å². The van der Waals surface area contributed by atoms with Crippen LogP contribution in [0.2, 0.25) is 0 Å². The Balaban J connectivity index is 1.89. The molecule has 1 aromatic rings. The van der Waals surface area contributed by atoms with E-state index in [2.05, 4.69) is 9.17 Å². The summed E-state index contributed by atoms with van der Waals surface area (Å²) in [6, 6.07) is 0. The summed E-state index contributed by atoms with van der Waals surface area (Å²) in [4.78, 5) is 16.1. The Kier molecular flexibility index (Phi) is 6.50. The van der Waals surface area contributed by atoms with Crippen LogP contribution in [-0.4, -0.2) is 31.2 Å². The van der Waals surface area contributed by atoms with E-state index in [-0.39, 0.29) is 25.0 Å². The molecule has 12 heteroatoms. The number of thiazole rings is 1. The predicted octanol–water partition coefficient (Wildman–Crippen LogP) is 3.35. The second-order valence-corrected chi connectivity index (χ2v) is 7.71. The predicted molar refractivity (Wildman–Crippen MR) is 84.4 cm³/mol. The molecule has 7 nitrogen and oxygen atoms in total. The first kappa shape index (κ1) is 20.5. The molecule has 0 bridgehead atoms. The number of allylic oxidation sites excluding steroid dienone is 2. The zero-order valence-corrected chi connectivity index (χ0v) is 15.2. The molecule has 0 N–H and O–H groups in total. The molecule has 0 saturated carbocycles. The summed E-state index contributed by atoms with van der Waals surface area (Å²) in [6.45, 7) is 1.75. The topological polar surface area (TPSA) is 91.8 Å². The van der Waals surface area contributed by atoms with Crippen molar-refractivity contribution in [2.24, 2.45) is 5.92 Å². The minimum absolute atomic E-state index is 0.00916. The number of carbonyl (C=O) groups is 1. The molecule has 0 saturated heterocycles. The number of hydrogen-bond acceptors (Lipinski definition) is 8. The Labute approximate surface area is 151 Å². The largest absolute Gasteiger partial charge is 0.534 e. The van der Waals surface area contributed by atoms with E-state index in [0.717, 1.165) is 6.08 Å². The molecule has 1 aliphatic rings. The highest BCUT2D eigenvalue weighted by molar-refractivity contribution is 7.87. The van der Waals surface area contributed by atoms with Crippen molar-refractivity contribution in [1.82, 2.24) is 4.98 Å². The normalized spacial score (nSPS) is 19.4. The summed E-state index contributed by atoms with van der Waals surface area (Å²) in [5.41, 5.74) is -5.49. The van der Waals surface area contributed by atoms with Gasteiger partial charge in [0.2, 0.25) is 6.29 Å². The number of halogens is 3. The van der Waals surface area contributed by atoms with Crippen molar-refractivity contribution in [3.05, 3.63) is 23.4 Å². The third-order valence-corrected chi connectivity index (χ3v) is 5.09. The smallest absolute Gasteiger partial charge is 0.430 e. The van der Waals surface area contributed by atoms with Gasteiger partial charge in [-0.2, -0.15) is 21.6 Å². The van der Waals surface area contributed by atoms with Gasteiger partial charge in [-0.25, -0.2) is 4.98 Å². The number of carbonyl (C=O) groups excluding carboxylic acids is 1. The standard InChI is InChI=1S/C14H16F3NO6S2/c1-2-11(23-13-18-7-8-25-13)22-12(19)9-3-5-10(6-4-9)24-26(20,21)14(15,16)17/h5,7-9,11H,2-4,6H2,1H3. The van der Waals surface area contributed by atoms with Crippen molar-refractivity contribution in [2.45, 2.75) is 44.4 Å². The van der Waals surface area contributed by atoms with Crippen LogP contribution in [0, 0.1) is 5.92 Å². The molecule has 0 amide bonds. The Morgan fingerprint density at radius 1 is 1.46 bits per heavy atom. The van der Waals surface area contributed by atoms with Crippen LogP contribution in [0.15, 0.2) is 23.4 Å². The summed E-state index contributed by atoms with van der Waals surface area (Å²) in [5, 5.41) is 2.05. The summed E-state index contributed by atoms with van der Waals surface area (Å²) >= 11 is 1.24. The monoisotopic (exact) mass is 415 g/mol. The van der Waals surface area contributed by atoms with Gasteiger partial charge >= 0.3 is 21.6 Å². The lowest BCUT2D eigenvalue weighted by Gasteiger charge is -2.23. The lowest BCUT2D eigenvalue weighted by atomic mass is 9.93. The number of nitrogens with zero attached hydrogens (tertiary/aromatic N) is 1. The van der Waals surface area contributed by atoms with Crippen molar-refractivity contribution < 1.29 is 40.0 Å². The highest BCUT2D eigenvalue weighted by Crippen LogP contribution is 2.32. The maximum atomic E-state index is 12.3. The quantitative estimate of drug-likeness (QED) is 0.292. The second-order valence-electron chi connectivity index (χ2n) is 5.32. The van der Waals surface area contributed by atoms with E-state index in [1.807, 2.05) is 0 Å². The lowest BCUT2D eigenvalue weighted by molar-refractivity contribution is -0.169. The molecular weight excluding hydrogens is 399 g/mol. The van der Waals surface area contributed by atoms with Crippen molar-refractivity contribution in [3.63, 3.8) is 0 Å². The average molecular weight is 415 g/mol. The highest BCUT2D eigenvalue weighted by atomic mass is 32.2. The van der Waals surface area contributed by atoms with Gasteiger partial charge in [-0.15, -0.1) is 0 Å². The second kappa shape index (κ2) is 8.25. The SMILES string of the molecule is CCC(OC(=O)C1CC=C(OS(=O)(=O)C(F)(F)F)CC1)Oc1nccs1. The molecule has 0 fully saturated rings. The molecule has 146 valence electrons. The van der Waals surface area contributed by atoms with Gasteiger partial charge in [-0.05, 0) is 18.9 Å². The Morgan fingerprint density at radius 3 is 2.69 bits per heavy atom. The van der Waals surface area contributed by atoms with Crippen molar-refractivity contribution in [1.29, 1.82) is 0 Å². The molecule has 0 radical (unpaired) electrons. The molecule has 2 rings (SSSR count). The first-order chi connectivity index (χ1) is 12.1. The number of aromatic nitrogens is 1. The van der Waals surface area contributed by atoms with E-state index in [9.17, 15) is 26.4 Å². The number of alkyl halides is 3. The lowest BCUT2D eigenvalue weighted by Crippen LogP contribution is -2.30. The molecular formula is C14H16F3NO6S2. The van der Waals surface area contributed by atoms with Gasteiger partial charge in [0.1, 0.15) is 5.76 Å². The third-order valence-electron chi connectivity index (χ3n) is 3.43. The average Bonchev–Trinajstić information content (AvgIpc) is 3.06. The van der Waals surface area contributed by atoms with E-state index in [0.29, 0.717) is 11.6 Å². The van der Waals surface area contributed by atoms with E-state index in [1.165, 1.54) is 17.5 Å². The van der Waals surface area contributed by atoms with Crippen molar-refractivity contribution >= 4 is 27.4 Å². The Bertz CT molecular complexity index is 745. The van der Waals surface area contributed by atoms with Gasteiger partial charge in [0.15, 0.2) is 0 Å². The van der Waals surface area contributed by atoms with Crippen LogP contribution in [0.1, 0.15) is 32.6 Å². The fourth-order valence-electron chi connectivity index (χ4n) is 2.09. The van der Waals surface area contributed by atoms with Crippen LogP contribution in [0.4, 0.5) is 13.2 Å². The van der Waals surface area contributed by atoms with Crippen LogP contribution >= 0.6 is 11.3 Å².